The summed E-state index contributed by atoms with van der Waals surface area (Å²) in [5.41, 5.74) is 1.06. The molecular formula is C16H23Cl2FHfNSi-2. The molecule has 123 valence electrons. The van der Waals surface area contributed by atoms with Gasteiger partial charge < -0.3 is 4.98 Å². The van der Waals surface area contributed by atoms with Crippen molar-refractivity contribution in [2.24, 2.45) is 0 Å². The number of hydrogen-bond acceptors (Lipinski definition) is 1. The van der Waals surface area contributed by atoms with E-state index >= 15 is 0 Å². The summed E-state index contributed by atoms with van der Waals surface area (Å²) >= 11 is 0. The van der Waals surface area contributed by atoms with Crippen LogP contribution in [0.4, 0.5) is 4.39 Å². The maximum absolute atomic E-state index is 11.6. The largest absolute Gasteiger partial charge is 0.394 e. The SMILES string of the molecule is Cl.Cl.FC1=[C-]CC=C1.[Hf].[SiH2]C1CCCCC1.[c-]1ccccn1. The van der Waals surface area contributed by atoms with Gasteiger partial charge in [0.15, 0.2) is 0 Å². The second-order valence-corrected chi connectivity index (χ2v) is 5.75. The molecule has 3 rings (SSSR count). The van der Waals surface area contributed by atoms with Gasteiger partial charge in [0, 0.05) is 36.1 Å². The van der Waals surface area contributed by atoms with Gasteiger partial charge in [-0.1, -0.05) is 50.0 Å². The molecule has 0 amide bonds. The number of allylic oxidation sites excluding steroid dienone is 4. The molecule has 1 nitrogen and oxygen atoms in total. The summed E-state index contributed by atoms with van der Waals surface area (Å²) in [4.78, 5) is 3.66. The number of aromatic nitrogens is 1. The average molecular weight is 526 g/mol. The zero-order valence-electron chi connectivity index (χ0n) is 12.6. The van der Waals surface area contributed by atoms with E-state index in [0.717, 1.165) is 5.54 Å². The first-order valence-corrected chi connectivity index (χ1v) is 7.63. The molecule has 0 N–H and O–H groups in total. The van der Waals surface area contributed by atoms with Crippen molar-refractivity contribution in [1.29, 1.82) is 0 Å². The minimum absolute atomic E-state index is 0. The van der Waals surface area contributed by atoms with Crippen molar-refractivity contribution in [2.45, 2.75) is 44.1 Å². The number of halogens is 3. The summed E-state index contributed by atoms with van der Waals surface area (Å²) in [6.45, 7) is 0. The normalized spacial score (nSPS) is 15.3. The molecule has 1 saturated carbocycles. The van der Waals surface area contributed by atoms with Crippen molar-refractivity contribution >= 4 is 35.1 Å². The quantitative estimate of drug-likeness (QED) is 0.354. The van der Waals surface area contributed by atoms with Gasteiger partial charge in [-0.15, -0.1) is 31.2 Å². The molecule has 1 fully saturated rings. The molecule has 1 aromatic rings. The fraction of sp³-hybridized carbons (Fsp3) is 0.438. The summed E-state index contributed by atoms with van der Waals surface area (Å²) in [7, 11) is 2.18. The van der Waals surface area contributed by atoms with Gasteiger partial charge in [-0.25, -0.2) is 10.5 Å². The van der Waals surface area contributed by atoms with Gasteiger partial charge in [0.05, 0.1) is 0 Å². The van der Waals surface area contributed by atoms with E-state index in [1.54, 1.807) is 18.3 Å². The average Bonchev–Trinajstić information content (AvgIpc) is 2.94. The molecule has 0 aromatic carbocycles. The van der Waals surface area contributed by atoms with Crippen molar-refractivity contribution in [3.05, 3.63) is 54.6 Å². The summed E-state index contributed by atoms with van der Waals surface area (Å²) in [6, 6.07) is 5.50. The minimum atomic E-state index is -0.227. The number of rotatable bonds is 0. The Morgan fingerprint density at radius 2 is 1.82 bits per heavy atom. The molecule has 1 heterocycles. The fourth-order valence-corrected chi connectivity index (χ4v) is 2.42. The number of nitrogens with zero attached hydrogens (tertiary/aromatic N) is 1. The first-order valence-electron chi connectivity index (χ1n) is 6.82. The van der Waals surface area contributed by atoms with Crippen LogP contribution in [0.3, 0.4) is 0 Å². The van der Waals surface area contributed by atoms with Gasteiger partial charge >= 0.3 is 0 Å². The smallest absolute Gasteiger partial charge is 0.0121 e. The van der Waals surface area contributed by atoms with Crippen LogP contribution < -0.4 is 0 Å². The first kappa shape index (κ1) is 27.1. The zero-order valence-corrected chi connectivity index (χ0v) is 19.3. The Morgan fingerprint density at radius 3 is 2.00 bits per heavy atom. The minimum Gasteiger partial charge on any atom is -0.394 e. The number of hydrogen-bond donors (Lipinski definition) is 0. The van der Waals surface area contributed by atoms with Crippen LogP contribution in [0.1, 0.15) is 38.5 Å². The third-order valence-electron chi connectivity index (χ3n) is 2.89. The zero-order chi connectivity index (χ0) is 13.8. The van der Waals surface area contributed by atoms with Crippen LogP contribution in [0.2, 0.25) is 5.54 Å². The van der Waals surface area contributed by atoms with E-state index in [1.165, 1.54) is 38.2 Å². The Kier molecular flexibility index (Phi) is 23.7. The Hall–Kier alpha value is 0.227. The van der Waals surface area contributed by atoms with Gasteiger partial charge in [-0.2, -0.15) is 30.4 Å². The first-order chi connectivity index (χ1) is 9.29. The third-order valence-corrected chi connectivity index (χ3v) is 3.71. The van der Waals surface area contributed by atoms with E-state index < -0.39 is 0 Å². The molecule has 0 aliphatic heterocycles. The van der Waals surface area contributed by atoms with Crippen molar-refractivity contribution < 1.29 is 30.2 Å². The van der Waals surface area contributed by atoms with Crippen LogP contribution in [0.15, 0.2) is 42.4 Å². The maximum Gasteiger partial charge on any atom is 0.0121 e. The summed E-state index contributed by atoms with van der Waals surface area (Å²) in [5, 5.41) is 0. The molecule has 22 heavy (non-hydrogen) atoms. The molecule has 1 radical (unpaired) electrons. The van der Waals surface area contributed by atoms with Crippen molar-refractivity contribution in [2.75, 3.05) is 0 Å². The van der Waals surface area contributed by atoms with E-state index in [-0.39, 0.29) is 56.5 Å². The maximum atomic E-state index is 11.6. The topological polar surface area (TPSA) is 12.9 Å². The monoisotopic (exact) mass is 526 g/mol. The molecule has 0 bridgehead atoms. The molecule has 0 saturated heterocycles. The molecule has 0 unspecified atom stereocenters. The summed E-state index contributed by atoms with van der Waals surface area (Å²) < 4.78 is 11.6. The standard InChI is InChI=1S/C6H13Si.C5H4F.C5H4N.2ClH.Hf/c7-6-4-2-1-3-5-6;6-5-3-1-2-4-5;1-2-4-6-5-3-1;;;/h6H,1-5,7H2;1,3H,2H2;1-4H;2*1H;/q;2*-1;;;. The Balaban J connectivity index is -0.000000231. The number of pyridine rings is 1. The van der Waals surface area contributed by atoms with E-state index in [2.05, 4.69) is 27.5 Å². The second kappa shape index (κ2) is 19.3. The second-order valence-electron chi connectivity index (χ2n) is 4.59. The fourth-order valence-electron chi connectivity index (χ4n) is 1.84. The van der Waals surface area contributed by atoms with Crippen LogP contribution in [0, 0.1) is 12.3 Å². The van der Waals surface area contributed by atoms with Crippen molar-refractivity contribution in [3.63, 3.8) is 0 Å². The molecule has 1 aromatic heterocycles. The van der Waals surface area contributed by atoms with Crippen molar-refractivity contribution in [3.8, 4) is 0 Å². The van der Waals surface area contributed by atoms with E-state index in [0.29, 0.717) is 6.42 Å². The molecule has 6 heteroatoms. The van der Waals surface area contributed by atoms with Crippen LogP contribution in [0.25, 0.3) is 0 Å². The van der Waals surface area contributed by atoms with Crippen LogP contribution in [-0.2, 0) is 25.8 Å². The molecular weight excluding hydrogens is 503 g/mol. The molecule has 2 aliphatic carbocycles. The Labute approximate surface area is 168 Å². The van der Waals surface area contributed by atoms with Crippen LogP contribution in [-0.4, -0.2) is 15.2 Å². The van der Waals surface area contributed by atoms with Gasteiger partial charge in [0.1, 0.15) is 0 Å². The van der Waals surface area contributed by atoms with E-state index in [4.69, 9.17) is 0 Å². The van der Waals surface area contributed by atoms with Gasteiger partial charge in [-0.3, -0.25) is 0 Å². The Morgan fingerprint density at radius 1 is 1.14 bits per heavy atom. The third kappa shape index (κ3) is 16.6. The van der Waals surface area contributed by atoms with Crippen LogP contribution >= 0.6 is 24.8 Å². The van der Waals surface area contributed by atoms with Gasteiger partial charge in [0.2, 0.25) is 0 Å². The predicted octanol–water partition coefficient (Wildman–Crippen LogP) is 4.70. The summed E-state index contributed by atoms with van der Waals surface area (Å²) in [6.07, 6.45) is 18.1. The Bertz CT molecular complexity index is 356. The van der Waals surface area contributed by atoms with Gasteiger partial charge in [-0.05, 0) is 5.83 Å². The van der Waals surface area contributed by atoms with Crippen LogP contribution in [0.5, 0.6) is 0 Å². The van der Waals surface area contributed by atoms with E-state index in [9.17, 15) is 4.39 Å². The summed E-state index contributed by atoms with van der Waals surface area (Å²) in [5.74, 6) is -0.227. The van der Waals surface area contributed by atoms with E-state index in [1.807, 2.05) is 12.1 Å². The predicted molar refractivity (Wildman–Crippen MR) is 94.6 cm³/mol. The molecule has 0 atom stereocenters. The van der Waals surface area contributed by atoms with Gasteiger partial charge in [0.25, 0.3) is 0 Å². The van der Waals surface area contributed by atoms with Crippen molar-refractivity contribution in [1.82, 2.24) is 4.98 Å². The molecule has 0 spiro atoms. The molecule has 2 aliphatic rings.